The molecule has 0 aromatic carbocycles. The molecule has 1 rings (SSSR count). The summed E-state index contributed by atoms with van der Waals surface area (Å²) in [5, 5.41) is 11.8. The highest BCUT2D eigenvalue weighted by atomic mass is 16.4. The number of nitrogens with zero attached hydrogens (tertiary/aromatic N) is 1. The Kier molecular flexibility index (Phi) is 5.79. The Morgan fingerprint density at radius 3 is 2.47 bits per heavy atom. The van der Waals surface area contributed by atoms with Crippen LogP contribution in [0.2, 0.25) is 0 Å². The van der Waals surface area contributed by atoms with Gasteiger partial charge in [0.1, 0.15) is 0 Å². The molecule has 0 radical (unpaired) electrons. The fourth-order valence-corrected chi connectivity index (χ4v) is 1.98. The Hall–Kier alpha value is -1.10. The van der Waals surface area contributed by atoms with Gasteiger partial charge >= 0.3 is 5.97 Å². The number of hydrogen-bond acceptors (Lipinski definition) is 3. The van der Waals surface area contributed by atoms with Gasteiger partial charge in [-0.25, -0.2) is 0 Å². The van der Waals surface area contributed by atoms with E-state index in [1.807, 2.05) is 11.9 Å². The van der Waals surface area contributed by atoms with E-state index in [1.165, 1.54) is 0 Å². The third-order valence-corrected chi connectivity index (χ3v) is 3.76. The van der Waals surface area contributed by atoms with Crippen LogP contribution in [0.4, 0.5) is 0 Å². The van der Waals surface area contributed by atoms with E-state index < -0.39 is 5.97 Å². The molecule has 0 aromatic heterocycles. The molecule has 1 aliphatic rings. The van der Waals surface area contributed by atoms with Crippen LogP contribution in [0.5, 0.6) is 0 Å². The van der Waals surface area contributed by atoms with Gasteiger partial charge in [0.2, 0.25) is 5.91 Å². The van der Waals surface area contributed by atoms with Gasteiger partial charge in [-0.05, 0) is 37.6 Å². The highest BCUT2D eigenvalue weighted by Crippen LogP contribution is 2.26. The summed E-state index contributed by atoms with van der Waals surface area (Å²) in [5.74, 6) is -0.604. The third kappa shape index (κ3) is 6.57. The van der Waals surface area contributed by atoms with Crippen molar-refractivity contribution >= 4 is 11.9 Å². The molecule has 1 aliphatic carbocycles. The predicted molar refractivity (Wildman–Crippen MR) is 73.9 cm³/mol. The van der Waals surface area contributed by atoms with E-state index in [9.17, 15) is 9.59 Å². The van der Waals surface area contributed by atoms with Crippen molar-refractivity contribution < 1.29 is 14.7 Å². The van der Waals surface area contributed by atoms with Crippen LogP contribution in [0, 0.1) is 5.41 Å². The summed E-state index contributed by atoms with van der Waals surface area (Å²) in [5.41, 5.74) is -0.00314. The first kappa shape index (κ1) is 16.0. The molecule has 110 valence electrons. The second kappa shape index (κ2) is 6.89. The molecule has 19 heavy (non-hydrogen) atoms. The normalized spacial score (nSPS) is 15.3. The predicted octanol–water partition coefficient (Wildman–Crippen LogP) is 1.48. The summed E-state index contributed by atoms with van der Waals surface area (Å²) in [4.78, 5) is 24.1. The second-order valence-corrected chi connectivity index (χ2v) is 6.22. The van der Waals surface area contributed by atoms with Crippen molar-refractivity contribution in [3.8, 4) is 0 Å². The van der Waals surface area contributed by atoms with E-state index in [1.54, 1.807) is 0 Å². The summed E-state index contributed by atoms with van der Waals surface area (Å²) in [6.45, 7) is 5.25. The van der Waals surface area contributed by atoms with Gasteiger partial charge in [0.05, 0.1) is 6.54 Å². The molecule has 1 amide bonds. The first-order chi connectivity index (χ1) is 8.82. The maximum atomic E-state index is 11.7. The first-order valence-electron chi connectivity index (χ1n) is 7.00. The van der Waals surface area contributed by atoms with Crippen molar-refractivity contribution in [2.45, 2.75) is 52.0 Å². The number of amides is 1. The molecule has 1 saturated carbocycles. The molecular weight excluding hydrogens is 244 g/mol. The average Bonchev–Trinajstić information content (AvgIpc) is 3.15. The Morgan fingerprint density at radius 1 is 1.32 bits per heavy atom. The molecule has 0 heterocycles. The number of carbonyl (C=O) groups is 2. The van der Waals surface area contributed by atoms with E-state index >= 15 is 0 Å². The first-order valence-corrected chi connectivity index (χ1v) is 7.00. The van der Waals surface area contributed by atoms with Gasteiger partial charge in [-0.3, -0.25) is 9.59 Å². The number of rotatable bonds is 9. The summed E-state index contributed by atoms with van der Waals surface area (Å²) in [6.07, 6.45) is 4.01. The SMILES string of the molecule is CN(C(=O)CNCCC(C)(C)CCC(=O)O)C1CC1. The molecular formula is C14H26N2O3. The Labute approximate surface area is 115 Å². The fraction of sp³-hybridized carbons (Fsp3) is 0.857. The zero-order chi connectivity index (χ0) is 14.5. The molecule has 1 fully saturated rings. The molecule has 0 spiro atoms. The average molecular weight is 270 g/mol. The standard InChI is InChI=1S/C14H26N2O3/c1-14(2,7-6-13(18)19)8-9-15-10-12(17)16(3)11-4-5-11/h11,15H,4-10H2,1-3H3,(H,18,19). The van der Waals surface area contributed by atoms with Crippen molar-refractivity contribution in [2.24, 2.45) is 5.41 Å². The van der Waals surface area contributed by atoms with Crippen LogP contribution in [0.25, 0.3) is 0 Å². The molecule has 0 bridgehead atoms. The van der Waals surface area contributed by atoms with Crippen molar-refractivity contribution in [1.29, 1.82) is 0 Å². The van der Waals surface area contributed by atoms with E-state index in [0.29, 0.717) is 19.0 Å². The molecule has 0 aliphatic heterocycles. The molecule has 0 unspecified atom stereocenters. The van der Waals surface area contributed by atoms with Gasteiger partial charge in [0.25, 0.3) is 0 Å². The van der Waals surface area contributed by atoms with Crippen LogP contribution in [-0.2, 0) is 9.59 Å². The van der Waals surface area contributed by atoms with Gasteiger partial charge in [-0.15, -0.1) is 0 Å². The van der Waals surface area contributed by atoms with Crippen molar-refractivity contribution in [3.05, 3.63) is 0 Å². The maximum absolute atomic E-state index is 11.7. The van der Waals surface area contributed by atoms with Gasteiger partial charge in [0.15, 0.2) is 0 Å². The van der Waals surface area contributed by atoms with E-state index in [2.05, 4.69) is 19.2 Å². The Balaban J connectivity index is 2.11. The smallest absolute Gasteiger partial charge is 0.303 e. The Bertz CT molecular complexity index is 325. The Morgan fingerprint density at radius 2 is 1.95 bits per heavy atom. The molecule has 0 atom stereocenters. The lowest BCUT2D eigenvalue weighted by molar-refractivity contribution is -0.137. The van der Waals surface area contributed by atoms with Crippen LogP contribution in [-0.4, -0.2) is 48.1 Å². The van der Waals surface area contributed by atoms with Crippen LogP contribution in [0.3, 0.4) is 0 Å². The molecule has 2 N–H and O–H groups in total. The lowest BCUT2D eigenvalue weighted by Crippen LogP contribution is -2.37. The number of hydrogen-bond donors (Lipinski definition) is 2. The van der Waals surface area contributed by atoms with E-state index in [-0.39, 0.29) is 17.7 Å². The van der Waals surface area contributed by atoms with Crippen molar-refractivity contribution in [2.75, 3.05) is 20.1 Å². The minimum Gasteiger partial charge on any atom is -0.481 e. The topological polar surface area (TPSA) is 69.6 Å². The minimum atomic E-state index is -0.748. The second-order valence-electron chi connectivity index (χ2n) is 6.22. The summed E-state index contributed by atoms with van der Waals surface area (Å²) < 4.78 is 0. The van der Waals surface area contributed by atoms with Crippen LogP contribution in [0.15, 0.2) is 0 Å². The lowest BCUT2D eigenvalue weighted by Gasteiger charge is -2.24. The van der Waals surface area contributed by atoms with Crippen LogP contribution < -0.4 is 5.32 Å². The number of nitrogens with one attached hydrogen (secondary N) is 1. The molecule has 0 saturated heterocycles. The number of carboxylic acid groups (broad SMARTS) is 1. The molecule has 0 aromatic rings. The summed E-state index contributed by atoms with van der Waals surface area (Å²) in [6, 6.07) is 0.460. The van der Waals surface area contributed by atoms with E-state index in [0.717, 1.165) is 25.8 Å². The van der Waals surface area contributed by atoms with Gasteiger partial charge in [-0.1, -0.05) is 13.8 Å². The zero-order valence-electron chi connectivity index (χ0n) is 12.2. The third-order valence-electron chi connectivity index (χ3n) is 3.76. The monoisotopic (exact) mass is 270 g/mol. The number of carbonyl (C=O) groups excluding carboxylic acids is 1. The van der Waals surface area contributed by atoms with Gasteiger partial charge < -0.3 is 15.3 Å². The number of carboxylic acids is 1. The summed E-state index contributed by atoms with van der Waals surface area (Å²) >= 11 is 0. The maximum Gasteiger partial charge on any atom is 0.303 e. The fourth-order valence-electron chi connectivity index (χ4n) is 1.98. The minimum absolute atomic E-state index is 0.00314. The number of aliphatic carboxylic acids is 1. The number of likely N-dealkylation sites (N-methyl/N-ethyl adjacent to an activating group) is 1. The molecule has 5 nitrogen and oxygen atoms in total. The molecule has 5 heteroatoms. The zero-order valence-corrected chi connectivity index (χ0v) is 12.2. The summed E-state index contributed by atoms with van der Waals surface area (Å²) in [7, 11) is 1.86. The van der Waals surface area contributed by atoms with Gasteiger partial charge in [0, 0.05) is 19.5 Å². The highest BCUT2D eigenvalue weighted by Gasteiger charge is 2.29. The quantitative estimate of drug-likeness (QED) is 0.623. The van der Waals surface area contributed by atoms with Crippen LogP contribution in [0.1, 0.15) is 46.0 Å². The lowest BCUT2D eigenvalue weighted by atomic mass is 9.84. The van der Waals surface area contributed by atoms with Crippen LogP contribution >= 0.6 is 0 Å². The van der Waals surface area contributed by atoms with Gasteiger partial charge in [-0.2, -0.15) is 0 Å². The van der Waals surface area contributed by atoms with Crippen molar-refractivity contribution in [3.63, 3.8) is 0 Å². The highest BCUT2D eigenvalue weighted by molar-refractivity contribution is 5.78. The largest absolute Gasteiger partial charge is 0.481 e. The van der Waals surface area contributed by atoms with Crippen molar-refractivity contribution in [1.82, 2.24) is 10.2 Å². The van der Waals surface area contributed by atoms with E-state index in [4.69, 9.17) is 5.11 Å².